The van der Waals surface area contributed by atoms with Crippen molar-refractivity contribution in [3.8, 4) is 0 Å². The van der Waals surface area contributed by atoms with E-state index in [2.05, 4.69) is 43.9 Å². The molecule has 1 N–H and O–H groups in total. The van der Waals surface area contributed by atoms with Crippen LogP contribution < -0.4 is 0 Å². The van der Waals surface area contributed by atoms with Gasteiger partial charge in [0.15, 0.2) is 0 Å². The summed E-state index contributed by atoms with van der Waals surface area (Å²) in [4.78, 5) is 13.2. The van der Waals surface area contributed by atoms with Crippen LogP contribution >= 0.6 is 0 Å². The van der Waals surface area contributed by atoms with Gasteiger partial charge in [0.1, 0.15) is 0 Å². The van der Waals surface area contributed by atoms with E-state index >= 15 is 0 Å². The van der Waals surface area contributed by atoms with E-state index in [1.807, 2.05) is 0 Å². The Morgan fingerprint density at radius 1 is 1.42 bits per heavy atom. The van der Waals surface area contributed by atoms with Crippen LogP contribution in [0.1, 0.15) is 42.5 Å². The van der Waals surface area contributed by atoms with Crippen LogP contribution in [0.5, 0.6) is 0 Å². The molecule has 19 heavy (non-hydrogen) atoms. The van der Waals surface area contributed by atoms with E-state index in [4.69, 9.17) is 5.11 Å². The molecule has 1 aliphatic rings. The first-order valence-corrected chi connectivity index (χ1v) is 7.00. The maximum Gasteiger partial charge on any atom is 0.303 e. The van der Waals surface area contributed by atoms with E-state index in [9.17, 15) is 4.79 Å². The first-order chi connectivity index (χ1) is 8.97. The molecule has 0 saturated carbocycles. The van der Waals surface area contributed by atoms with E-state index < -0.39 is 5.97 Å². The van der Waals surface area contributed by atoms with Crippen molar-refractivity contribution in [3.63, 3.8) is 0 Å². The normalized spacial score (nSPS) is 21.5. The number of aryl methyl sites for hydroxylation is 2. The third-order valence-corrected chi connectivity index (χ3v) is 4.34. The van der Waals surface area contributed by atoms with Gasteiger partial charge in [0.05, 0.1) is 0 Å². The molecule has 1 aromatic carbocycles. The zero-order valence-corrected chi connectivity index (χ0v) is 12.0. The van der Waals surface area contributed by atoms with Crippen LogP contribution in [0.2, 0.25) is 0 Å². The van der Waals surface area contributed by atoms with Gasteiger partial charge in [-0.1, -0.05) is 18.2 Å². The summed E-state index contributed by atoms with van der Waals surface area (Å²) in [6, 6.07) is 6.99. The maximum atomic E-state index is 10.8. The van der Waals surface area contributed by atoms with E-state index in [1.165, 1.54) is 16.7 Å². The highest BCUT2D eigenvalue weighted by Gasteiger charge is 2.28. The number of rotatable bonds is 4. The number of benzene rings is 1. The third kappa shape index (κ3) is 3.35. The minimum absolute atomic E-state index is 0.302. The molecule has 2 atom stereocenters. The molecule has 1 aliphatic heterocycles. The molecule has 104 valence electrons. The second kappa shape index (κ2) is 5.74. The highest BCUT2D eigenvalue weighted by atomic mass is 16.4. The molecule has 0 aromatic heterocycles. The highest BCUT2D eigenvalue weighted by Crippen LogP contribution is 2.29. The SMILES string of the molecule is Cc1ccc(C(C)N2CCC(CC(=O)O)C2)cc1C. The van der Waals surface area contributed by atoms with Crippen molar-refractivity contribution < 1.29 is 9.90 Å². The Morgan fingerprint density at radius 3 is 2.79 bits per heavy atom. The van der Waals surface area contributed by atoms with Crippen molar-refractivity contribution in [1.29, 1.82) is 0 Å². The summed E-state index contributed by atoms with van der Waals surface area (Å²) in [6.07, 6.45) is 1.30. The van der Waals surface area contributed by atoms with Gasteiger partial charge < -0.3 is 5.11 Å². The first-order valence-electron chi connectivity index (χ1n) is 7.00. The standard InChI is InChI=1S/C16H23NO2/c1-11-4-5-15(8-12(11)2)13(3)17-7-6-14(10-17)9-16(18)19/h4-5,8,13-14H,6-7,9-10H2,1-3H3,(H,18,19). The number of hydrogen-bond acceptors (Lipinski definition) is 2. The fourth-order valence-corrected chi connectivity index (χ4v) is 2.86. The molecular weight excluding hydrogens is 238 g/mol. The smallest absolute Gasteiger partial charge is 0.303 e. The Labute approximate surface area is 115 Å². The number of likely N-dealkylation sites (tertiary alicyclic amines) is 1. The third-order valence-electron chi connectivity index (χ3n) is 4.34. The average molecular weight is 261 g/mol. The number of carbonyl (C=O) groups is 1. The topological polar surface area (TPSA) is 40.5 Å². The van der Waals surface area contributed by atoms with Gasteiger partial charge in [-0.05, 0) is 56.3 Å². The molecule has 3 heteroatoms. The van der Waals surface area contributed by atoms with Gasteiger partial charge >= 0.3 is 5.97 Å². The molecule has 0 aliphatic carbocycles. The quantitative estimate of drug-likeness (QED) is 0.905. The molecule has 1 heterocycles. The number of nitrogens with zero attached hydrogens (tertiary/aromatic N) is 1. The molecule has 3 nitrogen and oxygen atoms in total. The molecular formula is C16H23NO2. The van der Waals surface area contributed by atoms with Crippen molar-refractivity contribution >= 4 is 5.97 Å². The first kappa shape index (κ1) is 14.1. The predicted octanol–water partition coefficient (Wildman–Crippen LogP) is 3.16. The summed E-state index contributed by atoms with van der Waals surface area (Å²) in [5, 5.41) is 8.86. The van der Waals surface area contributed by atoms with Crippen LogP contribution in [0.15, 0.2) is 18.2 Å². The summed E-state index contributed by atoms with van der Waals surface area (Å²) >= 11 is 0. The van der Waals surface area contributed by atoms with Gasteiger partial charge in [0, 0.05) is 19.0 Å². The van der Waals surface area contributed by atoms with Gasteiger partial charge in [0.25, 0.3) is 0 Å². The van der Waals surface area contributed by atoms with Crippen LogP contribution in [0.4, 0.5) is 0 Å². The summed E-state index contributed by atoms with van der Waals surface area (Å²) < 4.78 is 0. The Balaban J connectivity index is 2.02. The molecule has 1 aromatic rings. The van der Waals surface area contributed by atoms with Crippen LogP contribution in [-0.4, -0.2) is 29.1 Å². The fourth-order valence-electron chi connectivity index (χ4n) is 2.86. The number of carboxylic acids is 1. The van der Waals surface area contributed by atoms with Crippen LogP contribution in [0.25, 0.3) is 0 Å². The zero-order chi connectivity index (χ0) is 14.0. The van der Waals surface area contributed by atoms with Crippen LogP contribution in [0, 0.1) is 19.8 Å². The minimum atomic E-state index is -0.675. The second-order valence-corrected chi connectivity index (χ2v) is 5.77. The average Bonchev–Trinajstić information content (AvgIpc) is 2.79. The van der Waals surface area contributed by atoms with Crippen molar-refractivity contribution in [3.05, 3.63) is 34.9 Å². The molecule has 2 unspecified atom stereocenters. The summed E-state index contributed by atoms with van der Waals surface area (Å²) in [6.45, 7) is 8.39. The molecule has 1 saturated heterocycles. The van der Waals surface area contributed by atoms with Gasteiger partial charge in [-0.3, -0.25) is 9.69 Å². The van der Waals surface area contributed by atoms with E-state index in [0.29, 0.717) is 18.4 Å². The Kier molecular flexibility index (Phi) is 4.25. The van der Waals surface area contributed by atoms with Crippen LogP contribution in [-0.2, 0) is 4.79 Å². The van der Waals surface area contributed by atoms with Gasteiger partial charge in [0.2, 0.25) is 0 Å². The van der Waals surface area contributed by atoms with E-state index in [-0.39, 0.29) is 0 Å². The van der Waals surface area contributed by atoms with Gasteiger partial charge in [-0.2, -0.15) is 0 Å². The number of hydrogen-bond donors (Lipinski definition) is 1. The Bertz CT molecular complexity index is 470. The molecule has 0 radical (unpaired) electrons. The van der Waals surface area contributed by atoms with Crippen molar-refractivity contribution in [2.45, 2.75) is 39.7 Å². The van der Waals surface area contributed by atoms with Gasteiger partial charge in [-0.15, -0.1) is 0 Å². The lowest BCUT2D eigenvalue weighted by Gasteiger charge is -2.25. The Morgan fingerprint density at radius 2 is 2.16 bits per heavy atom. The van der Waals surface area contributed by atoms with Crippen LogP contribution in [0.3, 0.4) is 0 Å². The zero-order valence-electron chi connectivity index (χ0n) is 12.0. The number of aliphatic carboxylic acids is 1. The summed E-state index contributed by atoms with van der Waals surface area (Å²) in [5.74, 6) is -0.364. The molecule has 2 rings (SSSR count). The largest absolute Gasteiger partial charge is 0.481 e. The van der Waals surface area contributed by atoms with Gasteiger partial charge in [-0.25, -0.2) is 0 Å². The highest BCUT2D eigenvalue weighted by molar-refractivity contribution is 5.67. The van der Waals surface area contributed by atoms with Crippen molar-refractivity contribution in [2.75, 3.05) is 13.1 Å². The van der Waals surface area contributed by atoms with Crippen molar-refractivity contribution in [2.24, 2.45) is 5.92 Å². The molecule has 1 fully saturated rings. The lowest BCUT2D eigenvalue weighted by Crippen LogP contribution is -2.25. The van der Waals surface area contributed by atoms with E-state index in [0.717, 1.165) is 19.5 Å². The monoisotopic (exact) mass is 261 g/mol. The lowest BCUT2D eigenvalue weighted by molar-refractivity contribution is -0.138. The van der Waals surface area contributed by atoms with Crippen molar-refractivity contribution in [1.82, 2.24) is 4.90 Å². The lowest BCUT2D eigenvalue weighted by atomic mass is 10.0. The second-order valence-electron chi connectivity index (χ2n) is 5.77. The number of carboxylic acid groups (broad SMARTS) is 1. The molecule has 0 bridgehead atoms. The fraction of sp³-hybridized carbons (Fsp3) is 0.562. The summed E-state index contributed by atoms with van der Waals surface area (Å²) in [7, 11) is 0. The maximum absolute atomic E-state index is 10.8. The Hall–Kier alpha value is -1.35. The minimum Gasteiger partial charge on any atom is -0.481 e. The summed E-state index contributed by atoms with van der Waals surface area (Å²) in [5.41, 5.74) is 3.98. The predicted molar refractivity (Wildman–Crippen MR) is 76.3 cm³/mol. The molecule has 0 spiro atoms. The van der Waals surface area contributed by atoms with E-state index in [1.54, 1.807) is 0 Å². The molecule has 0 amide bonds.